The Balaban J connectivity index is 1.46. The molecule has 1 aliphatic rings. The van der Waals surface area contributed by atoms with Gasteiger partial charge in [-0.3, -0.25) is 19.7 Å². The lowest BCUT2D eigenvalue weighted by molar-refractivity contribution is -0.145. The van der Waals surface area contributed by atoms with E-state index in [1.807, 2.05) is 0 Å². The number of hydrogen-bond acceptors (Lipinski definition) is 9. The third-order valence-electron chi connectivity index (χ3n) is 5.98. The largest absolute Gasteiger partial charge is 0.495 e. The summed E-state index contributed by atoms with van der Waals surface area (Å²) in [6.07, 6.45) is 2.21. The van der Waals surface area contributed by atoms with Gasteiger partial charge in [-0.2, -0.15) is 4.72 Å². The highest BCUT2D eigenvalue weighted by Crippen LogP contribution is 2.32. The Bertz CT molecular complexity index is 1530. The Morgan fingerprint density at radius 1 is 1.22 bits per heavy atom. The normalized spacial score (nSPS) is 15.2. The number of esters is 1. The molecule has 0 bridgehead atoms. The number of halogens is 1. The van der Waals surface area contributed by atoms with Gasteiger partial charge >= 0.3 is 5.97 Å². The van der Waals surface area contributed by atoms with Crippen LogP contribution in [0.15, 0.2) is 53.7 Å². The second-order valence-corrected chi connectivity index (χ2v) is 11.0. The molecule has 4 N–H and O–H groups in total. The molecule has 0 fully saturated rings. The van der Waals surface area contributed by atoms with E-state index in [4.69, 9.17) is 25.8 Å². The number of aromatic amines is 1. The molecule has 3 aromatic rings. The van der Waals surface area contributed by atoms with Gasteiger partial charge in [0, 0.05) is 30.3 Å². The summed E-state index contributed by atoms with van der Waals surface area (Å²) in [5.41, 5.74) is 0.855. The van der Waals surface area contributed by atoms with Gasteiger partial charge in [-0.05, 0) is 49.2 Å². The quantitative estimate of drug-likeness (QED) is 0.226. The molecule has 0 saturated carbocycles. The van der Waals surface area contributed by atoms with Crippen LogP contribution in [0.2, 0.25) is 5.02 Å². The highest BCUT2D eigenvalue weighted by Gasteiger charge is 2.31. The lowest BCUT2D eigenvalue weighted by Crippen LogP contribution is -2.43. The zero-order valence-electron chi connectivity index (χ0n) is 22.1. The number of anilines is 2. The molecule has 2 amide bonds. The molecule has 1 aliphatic heterocycles. The fraction of sp³-hybridized carbons (Fsp3) is 0.308. The first-order chi connectivity index (χ1) is 19.6. The smallest absolute Gasteiger partial charge is 0.324 e. The van der Waals surface area contributed by atoms with Crippen molar-refractivity contribution >= 4 is 51.0 Å². The summed E-state index contributed by atoms with van der Waals surface area (Å²) in [6, 6.07) is 7.60. The van der Waals surface area contributed by atoms with E-state index in [9.17, 15) is 22.8 Å². The van der Waals surface area contributed by atoms with Gasteiger partial charge in [0.05, 0.1) is 19.4 Å². The molecule has 2 atom stereocenters. The van der Waals surface area contributed by atoms with Crippen LogP contribution in [-0.4, -0.2) is 62.0 Å². The van der Waals surface area contributed by atoms with Crippen molar-refractivity contribution in [3.8, 4) is 11.5 Å². The standard InChI is InChI=1S/C26H28ClN5O8S/c1-3-39-25(35)18(32-41(36,37)22-14-16(27)5-7-20(22)38-2)13-15-4-6-19-17(12-15)30-24(34)21(40-19)8-9-23(33)31-26-28-10-11-29-26/h4-7,10-12,14,18,21,32H,3,8-9,13H2,1-2H3,(H,30,34)(H2,28,29,31,33)/t18-,21+/m0/s1. The number of nitrogens with zero attached hydrogens (tertiary/aromatic N) is 1. The van der Waals surface area contributed by atoms with Gasteiger partial charge < -0.3 is 24.5 Å². The maximum absolute atomic E-state index is 13.2. The zero-order chi connectivity index (χ0) is 29.6. The number of rotatable bonds is 12. The van der Waals surface area contributed by atoms with E-state index in [0.717, 1.165) is 0 Å². The zero-order valence-corrected chi connectivity index (χ0v) is 23.7. The van der Waals surface area contributed by atoms with Crippen LogP contribution < -0.4 is 24.8 Å². The number of carbonyl (C=O) groups is 3. The minimum atomic E-state index is -4.26. The molecule has 0 radical (unpaired) electrons. The lowest BCUT2D eigenvalue weighted by Gasteiger charge is -2.26. The molecule has 0 aliphatic carbocycles. The SMILES string of the molecule is CCOC(=O)[C@H](Cc1ccc2c(c1)NC(=O)[C@@H](CCC(=O)Nc1ncc[nH]1)O2)NS(=O)(=O)c1cc(Cl)ccc1OC. The van der Waals surface area contributed by atoms with Crippen molar-refractivity contribution < 1.29 is 37.0 Å². The van der Waals surface area contributed by atoms with Gasteiger partial charge in [-0.15, -0.1) is 0 Å². The molecule has 2 heterocycles. The molecule has 0 spiro atoms. The Kier molecular flexibility index (Phi) is 9.47. The van der Waals surface area contributed by atoms with Crippen LogP contribution in [0.4, 0.5) is 11.6 Å². The van der Waals surface area contributed by atoms with Gasteiger partial charge in [-0.1, -0.05) is 17.7 Å². The Hall–Kier alpha value is -4.14. The first kappa shape index (κ1) is 29.8. The number of methoxy groups -OCH3 is 1. The molecule has 41 heavy (non-hydrogen) atoms. The highest BCUT2D eigenvalue weighted by atomic mass is 35.5. The third kappa shape index (κ3) is 7.54. The van der Waals surface area contributed by atoms with Crippen molar-refractivity contribution in [2.45, 2.75) is 43.2 Å². The van der Waals surface area contributed by atoms with Gasteiger partial charge in [0.25, 0.3) is 5.91 Å². The first-order valence-corrected chi connectivity index (χ1v) is 14.4. The van der Waals surface area contributed by atoms with E-state index < -0.39 is 34.0 Å². The highest BCUT2D eigenvalue weighted by molar-refractivity contribution is 7.89. The number of carbonyl (C=O) groups excluding carboxylic acids is 3. The molecule has 0 saturated heterocycles. The van der Waals surface area contributed by atoms with Crippen LogP contribution in [0.3, 0.4) is 0 Å². The summed E-state index contributed by atoms with van der Waals surface area (Å²) in [7, 11) is -2.95. The monoisotopic (exact) mass is 605 g/mol. The predicted octanol–water partition coefficient (Wildman–Crippen LogP) is 2.64. The first-order valence-electron chi connectivity index (χ1n) is 12.5. The van der Waals surface area contributed by atoms with Crippen LogP contribution in [0.1, 0.15) is 25.3 Å². The molecule has 218 valence electrons. The van der Waals surface area contributed by atoms with Crippen molar-refractivity contribution in [3.05, 3.63) is 59.4 Å². The average Bonchev–Trinajstić information content (AvgIpc) is 3.44. The molecule has 15 heteroatoms. The molecular weight excluding hydrogens is 578 g/mol. The predicted molar refractivity (Wildman–Crippen MR) is 148 cm³/mol. The number of hydrogen-bond donors (Lipinski definition) is 4. The van der Waals surface area contributed by atoms with Crippen molar-refractivity contribution in [2.75, 3.05) is 24.4 Å². The number of amides is 2. The molecule has 1 aromatic heterocycles. The summed E-state index contributed by atoms with van der Waals surface area (Å²) >= 11 is 6.00. The Morgan fingerprint density at radius 2 is 2.02 bits per heavy atom. The van der Waals surface area contributed by atoms with E-state index in [1.165, 1.54) is 31.5 Å². The molecule has 4 rings (SSSR count). The van der Waals surface area contributed by atoms with Crippen LogP contribution >= 0.6 is 11.6 Å². The minimum Gasteiger partial charge on any atom is -0.495 e. The Labute approximate surface area is 241 Å². The van der Waals surface area contributed by atoms with Gasteiger partial charge in [0.15, 0.2) is 6.10 Å². The fourth-order valence-corrected chi connectivity index (χ4v) is 5.68. The fourth-order valence-electron chi connectivity index (χ4n) is 4.07. The number of sulfonamides is 1. The maximum atomic E-state index is 13.2. The average molecular weight is 606 g/mol. The maximum Gasteiger partial charge on any atom is 0.324 e. The number of fused-ring (bicyclic) bond motifs is 1. The lowest BCUT2D eigenvalue weighted by atomic mass is 10.0. The molecule has 0 unspecified atom stereocenters. The van der Waals surface area contributed by atoms with Crippen LogP contribution in [0, 0.1) is 0 Å². The summed E-state index contributed by atoms with van der Waals surface area (Å²) in [6.45, 7) is 1.64. The summed E-state index contributed by atoms with van der Waals surface area (Å²) in [5.74, 6) is -0.857. The van der Waals surface area contributed by atoms with Crippen molar-refractivity contribution in [3.63, 3.8) is 0 Å². The van der Waals surface area contributed by atoms with Crippen molar-refractivity contribution in [2.24, 2.45) is 0 Å². The number of ether oxygens (including phenoxy) is 3. The Morgan fingerprint density at radius 3 is 2.73 bits per heavy atom. The molecule has 2 aromatic carbocycles. The molecular formula is C26H28ClN5O8S. The van der Waals surface area contributed by atoms with Crippen LogP contribution in [0.5, 0.6) is 11.5 Å². The number of nitrogens with one attached hydrogen (secondary N) is 4. The number of aromatic nitrogens is 2. The van der Waals surface area contributed by atoms with E-state index in [2.05, 4.69) is 25.3 Å². The second-order valence-electron chi connectivity index (χ2n) is 8.88. The van der Waals surface area contributed by atoms with Gasteiger partial charge in [-0.25, -0.2) is 13.4 Å². The third-order valence-corrected chi connectivity index (χ3v) is 7.70. The number of H-pyrrole nitrogens is 1. The molecule has 13 nitrogen and oxygen atoms in total. The number of benzene rings is 2. The van der Waals surface area contributed by atoms with Gasteiger partial charge in [0.1, 0.15) is 22.4 Å². The van der Waals surface area contributed by atoms with Gasteiger partial charge in [0.2, 0.25) is 21.9 Å². The summed E-state index contributed by atoms with van der Waals surface area (Å²) < 4.78 is 44.9. The van der Waals surface area contributed by atoms with E-state index in [-0.39, 0.29) is 47.4 Å². The summed E-state index contributed by atoms with van der Waals surface area (Å²) in [5, 5.41) is 5.49. The van der Waals surface area contributed by atoms with Crippen LogP contribution in [-0.2, 0) is 35.6 Å². The minimum absolute atomic E-state index is 0.0188. The van der Waals surface area contributed by atoms with E-state index >= 15 is 0 Å². The second kappa shape index (κ2) is 13.0. The number of imidazole rings is 1. The van der Waals surface area contributed by atoms with E-state index in [1.54, 1.807) is 31.3 Å². The topological polar surface area (TPSA) is 178 Å². The van der Waals surface area contributed by atoms with E-state index in [0.29, 0.717) is 22.9 Å². The summed E-state index contributed by atoms with van der Waals surface area (Å²) in [4.78, 5) is 44.0. The van der Waals surface area contributed by atoms with Crippen LogP contribution in [0.25, 0.3) is 0 Å². The van der Waals surface area contributed by atoms with Crippen molar-refractivity contribution in [1.29, 1.82) is 0 Å². The van der Waals surface area contributed by atoms with Crippen molar-refractivity contribution in [1.82, 2.24) is 14.7 Å².